The van der Waals surface area contributed by atoms with Gasteiger partial charge in [0.1, 0.15) is 5.75 Å². The number of ether oxygens (including phenoxy) is 1. The Balaban J connectivity index is 2.68. The molecule has 1 rings (SSSR count). The van der Waals surface area contributed by atoms with Crippen molar-refractivity contribution in [1.82, 2.24) is 5.32 Å². The molecule has 0 fully saturated rings. The zero-order chi connectivity index (χ0) is 12.0. The molecule has 0 spiro atoms. The van der Waals surface area contributed by atoms with Gasteiger partial charge in [-0.2, -0.15) is 0 Å². The molecule has 0 heterocycles. The predicted octanol–water partition coefficient (Wildman–Crippen LogP) is 2.85. The molecule has 0 saturated heterocycles. The normalized spacial score (nSPS) is 10.5. The van der Waals surface area contributed by atoms with E-state index in [1.807, 2.05) is 0 Å². The maximum atomic E-state index is 5.49. The van der Waals surface area contributed by atoms with Crippen LogP contribution in [0.25, 0.3) is 0 Å². The smallest absolute Gasteiger partial charge is 0.125 e. The molecule has 1 aromatic carbocycles. The summed E-state index contributed by atoms with van der Waals surface area (Å²) in [4.78, 5) is 0. The van der Waals surface area contributed by atoms with E-state index in [-0.39, 0.29) is 0 Å². The Morgan fingerprint density at radius 3 is 2.56 bits per heavy atom. The summed E-state index contributed by atoms with van der Waals surface area (Å²) >= 11 is 0. The van der Waals surface area contributed by atoms with Gasteiger partial charge in [-0.15, -0.1) is 0 Å². The van der Waals surface area contributed by atoms with Gasteiger partial charge in [-0.25, -0.2) is 0 Å². The van der Waals surface area contributed by atoms with Gasteiger partial charge in [0.05, 0.1) is 7.11 Å². The minimum atomic E-state index is 1.02. The van der Waals surface area contributed by atoms with E-state index in [1.54, 1.807) is 7.11 Å². The standard InChI is InChI=1S/C14H23NO/c1-5-9-15-10-8-13-7-6-11(2)12(3)14(13)16-4/h6-7,15H,5,8-10H2,1-4H3. The van der Waals surface area contributed by atoms with Crippen molar-refractivity contribution in [2.45, 2.75) is 33.6 Å². The summed E-state index contributed by atoms with van der Waals surface area (Å²) < 4.78 is 5.49. The fourth-order valence-corrected chi connectivity index (χ4v) is 1.85. The first kappa shape index (κ1) is 13.0. The SMILES string of the molecule is CCCNCCc1ccc(C)c(C)c1OC. The molecule has 0 atom stereocenters. The van der Waals surface area contributed by atoms with Crippen LogP contribution in [0.1, 0.15) is 30.0 Å². The van der Waals surface area contributed by atoms with Crippen molar-refractivity contribution in [3.8, 4) is 5.75 Å². The van der Waals surface area contributed by atoms with Gasteiger partial charge in [-0.3, -0.25) is 0 Å². The molecule has 2 nitrogen and oxygen atoms in total. The van der Waals surface area contributed by atoms with E-state index >= 15 is 0 Å². The Morgan fingerprint density at radius 1 is 1.19 bits per heavy atom. The quantitative estimate of drug-likeness (QED) is 0.746. The number of rotatable bonds is 6. The van der Waals surface area contributed by atoms with Crippen LogP contribution in [-0.4, -0.2) is 20.2 Å². The van der Waals surface area contributed by atoms with Gasteiger partial charge in [0.25, 0.3) is 0 Å². The van der Waals surface area contributed by atoms with Gasteiger partial charge < -0.3 is 10.1 Å². The summed E-state index contributed by atoms with van der Waals surface area (Å²) in [6.07, 6.45) is 2.22. The summed E-state index contributed by atoms with van der Waals surface area (Å²) in [6.45, 7) is 8.54. The second kappa shape index (κ2) is 6.54. The molecule has 90 valence electrons. The Kier molecular flexibility index (Phi) is 5.33. The third kappa shape index (κ3) is 3.24. The maximum Gasteiger partial charge on any atom is 0.125 e. The molecule has 1 aromatic rings. The third-order valence-electron chi connectivity index (χ3n) is 2.96. The van der Waals surface area contributed by atoms with E-state index in [2.05, 4.69) is 38.2 Å². The molecular formula is C14H23NO. The van der Waals surface area contributed by atoms with E-state index in [0.29, 0.717) is 0 Å². The highest BCUT2D eigenvalue weighted by atomic mass is 16.5. The van der Waals surface area contributed by atoms with Crippen molar-refractivity contribution in [2.24, 2.45) is 0 Å². The largest absolute Gasteiger partial charge is 0.496 e. The van der Waals surface area contributed by atoms with Crippen LogP contribution in [0.15, 0.2) is 12.1 Å². The molecule has 2 heteroatoms. The number of aryl methyl sites for hydroxylation is 1. The summed E-state index contributed by atoms with van der Waals surface area (Å²) in [5, 5.41) is 3.41. The van der Waals surface area contributed by atoms with E-state index < -0.39 is 0 Å². The molecule has 16 heavy (non-hydrogen) atoms. The second-order valence-electron chi connectivity index (χ2n) is 4.20. The summed E-state index contributed by atoms with van der Waals surface area (Å²) in [6, 6.07) is 4.35. The zero-order valence-corrected chi connectivity index (χ0v) is 10.9. The number of nitrogens with one attached hydrogen (secondary N) is 1. The topological polar surface area (TPSA) is 21.3 Å². The highest BCUT2D eigenvalue weighted by molar-refractivity contribution is 5.45. The highest BCUT2D eigenvalue weighted by Gasteiger charge is 2.07. The maximum absolute atomic E-state index is 5.49. The van der Waals surface area contributed by atoms with Crippen molar-refractivity contribution in [3.63, 3.8) is 0 Å². The van der Waals surface area contributed by atoms with Crippen molar-refractivity contribution in [1.29, 1.82) is 0 Å². The molecular weight excluding hydrogens is 198 g/mol. The fourth-order valence-electron chi connectivity index (χ4n) is 1.85. The lowest BCUT2D eigenvalue weighted by Gasteiger charge is -2.13. The highest BCUT2D eigenvalue weighted by Crippen LogP contribution is 2.26. The lowest BCUT2D eigenvalue weighted by atomic mass is 10.0. The molecule has 1 N–H and O–H groups in total. The lowest BCUT2D eigenvalue weighted by Crippen LogP contribution is -2.18. The zero-order valence-electron chi connectivity index (χ0n) is 10.9. The number of methoxy groups -OCH3 is 1. The Hall–Kier alpha value is -1.02. The minimum absolute atomic E-state index is 1.02. The summed E-state index contributed by atoms with van der Waals surface area (Å²) in [5.74, 6) is 1.05. The first-order chi connectivity index (χ1) is 7.70. The molecule has 0 bridgehead atoms. The molecule has 0 unspecified atom stereocenters. The molecule has 0 aliphatic heterocycles. The first-order valence-electron chi connectivity index (χ1n) is 6.04. The molecule has 0 aliphatic rings. The Labute approximate surface area is 99.0 Å². The van der Waals surface area contributed by atoms with E-state index in [0.717, 1.165) is 25.3 Å². The average Bonchev–Trinajstić information content (AvgIpc) is 2.29. The summed E-state index contributed by atoms with van der Waals surface area (Å²) in [7, 11) is 1.75. The second-order valence-corrected chi connectivity index (χ2v) is 4.20. The van der Waals surface area contributed by atoms with Crippen LogP contribution in [-0.2, 0) is 6.42 Å². The predicted molar refractivity (Wildman–Crippen MR) is 69.3 cm³/mol. The van der Waals surface area contributed by atoms with Crippen LogP contribution in [0.3, 0.4) is 0 Å². The van der Waals surface area contributed by atoms with Gasteiger partial charge in [0.15, 0.2) is 0 Å². The molecule has 0 saturated carbocycles. The van der Waals surface area contributed by atoms with E-state index in [1.165, 1.54) is 23.1 Å². The van der Waals surface area contributed by atoms with Crippen LogP contribution in [0.2, 0.25) is 0 Å². The van der Waals surface area contributed by atoms with E-state index in [4.69, 9.17) is 4.74 Å². The molecule has 0 aliphatic carbocycles. The minimum Gasteiger partial charge on any atom is -0.496 e. The molecule has 0 radical (unpaired) electrons. The van der Waals surface area contributed by atoms with Gasteiger partial charge in [-0.05, 0) is 56.5 Å². The first-order valence-corrected chi connectivity index (χ1v) is 6.04. The van der Waals surface area contributed by atoms with Crippen LogP contribution in [0.4, 0.5) is 0 Å². The van der Waals surface area contributed by atoms with Crippen LogP contribution >= 0.6 is 0 Å². The van der Waals surface area contributed by atoms with Crippen molar-refractivity contribution in [3.05, 3.63) is 28.8 Å². The van der Waals surface area contributed by atoms with Crippen LogP contribution in [0, 0.1) is 13.8 Å². The monoisotopic (exact) mass is 221 g/mol. The molecule has 0 aromatic heterocycles. The van der Waals surface area contributed by atoms with Gasteiger partial charge in [0.2, 0.25) is 0 Å². The third-order valence-corrected chi connectivity index (χ3v) is 2.96. The van der Waals surface area contributed by atoms with Crippen molar-refractivity contribution >= 4 is 0 Å². The Morgan fingerprint density at radius 2 is 1.94 bits per heavy atom. The lowest BCUT2D eigenvalue weighted by molar-refractivity contribution is 0.405. The van der Waals surface area contributed by atoms with Crippen LogP contribution < -0.4 is 10.1 Å². The fraction of sp³-hybridized carbons (Fsp3) is 0.571. The van der Waals surface area contributed by atoms with Crippen LogP contribution in [0.5, 0.6) is 5.75 Å². The van der Waals surface area contributed by atoms with Gasteiger partial charge in [-0.1, -0.05) is 19.1 Å². The van der Waals surface area contributed by atoms with Crippen molar-refractivity contribution in [2.75, 3.05) is 20.2 Å². The summed E-state index contributed by atoms with van der Waals surface area (Å²) in [5.41, 5.74) is 3.85. The number of hydrogen-bond donors (Lipinski definition) is 1. The number of hydrogen-bond acceptors (Lipinski definition) is 2. The van der Waals surface area contributed by atoms with Gasteiger partial charge >= 0.3 is 0 Å². The van der Waals surface area contributed by atoms with E-state index in [9.17, 15) is 0 Å². The van der Waals surface area contributed by atoms with Crippen molar-refractivity contribution < 1.29 is 4.74 Å². The number of benzene rings is 1. The average molecular weight is 221 g/mol. The molecule has 0 amide bonds. The van der Waals surface area contributed by atoms with Gasteiger partial charge in [0, 0.05) is 0 Å². The Bertz CT molecular complexity index is 334.